The zero-order valence-corrected chi connectivity index (χ0v) is 14.9. The summed E-state index contributed by atoms with van der Waals surface area (Å²) in [7, 11) is 1.58. The molecular weight excluding hydrogens is 336 g/mol. The number of hydrogen-bond donors (Lipinski definition) is 3. The van der Waals surface area contributed by atoms with Crippen molar-refractivity contribution in [3.05, 3.63) is 35.9 Å². The maximum absolute atomic E-state index is 12.3. The Morgan fingerprint density at radius 1 is 1.23 bits per heavy atom. The van der Waals surface area contributed by atoms with Crippen molar-refractivity contribution in [2.24, 2.45) is 17.8 Å². The third kappa shape index (κ3) is 2.68. The van der Waals surface area contributed by atoms with Crippen molar-refractivity contribution in [3.8, 4) is 5.75 Å². The van der Waals surface area contributed by atoms with E-state index in [1.165, 1.54) is 0 Å². The molecule has 0 saturated carbocycles. The number of carbonyl (C=O) groups excluding carboxylic acids is 2. The Labute approximate surface area is 151 Å². The molecule has 0 bridgehead atoms. The van der Waals surface area contributed by atoms with E-state index in [1.807, 2.05) is 30.3 Å². The summed E-state index contributed by atoms with van der Waals surface area (Å²) >= 11 is 0. The molecule has 2 aliphatic rings. The van der Waals surface area contributed by atoms with Crippen molar-refractivity contribution in [3.63, 3.8) is 0 Å². The minimum atomic E-state index is -1.48. The van der Waals surface area contributed by atoms with Gasteiger partial charge in [-0.1, -0.05) is 38.1 Å². The van der Waals surface area contributed by atoms with Gasteiger partial charge < -0.3 is 9.84 Å². The Morgan fingerprint density at radius 2 is 1.88 bits per heavy atom. The van der Waals surface area contributed by atoms with Crippen LogP contribution in [-0.2, 0) is 14.4 Å². The average molecular weight is 358 g/mol. The van der Waals surface area contributed by atoms with Gasteiger partial charge in [-0.2, -0.15) is 0 Å². The van der Waals surface area contributed by atoms with Crippen molar-refractivity contribution >= 4 is 23.9 Å². The van der Waals surface area contributed by atoms with Gasteiger partial charge in [0.15, 0.2) is 0 Å². The SMILES string of the molecule is COc1ccc(/C=C\C2NC(C(=O)O)(C(C)C)C3C(=O)NC(=O)C23)cc1. The van der Waals surface area contributed by atoms with Crippen molar-refractivity contribution in [1.82, 2.24) is 10.6 Å². The zero-order chi connectivity index (χ0) is 19.1. The van der Waals surface area contributed by atoms with Crippen molar-refractivity contribution in [1.29, 1.82) is 0 Å². The monoisotopic (exact) mass is 358 g/mol. The van der Waals surface area contributed by atoms with E-state index in [-0.39, 0.29) is 5.92 Å². The molecule has 26 heavy (non-hydrogen) atoms. The number of imide groups is 1. The van der Waals surface area contributed by atoms with Gasteiger partial charge in [-0.05, 0) is 23.6 Å². The molecule has 1 aromatic carbocycles. The summed E-state index contributed by atoms with van der Waals surface area (Å²) < 4.78 is 5.12. The number of benzene rings is 1. The van der Waals surface area contributed by atoms with Crippen LogP contribution >= 0.6 is 0 Å². The summed E-state index contributed by atoms with van der Waals surface area (Å²) in [6.45, 7) is 3.48. The number of aliphatic carboxylic acids is 1. The molecule has 2 amide bonds. The van der Waals surface area contributed by atoms with Gasteiger partial charge in [-0.3, -0.25) is 25.0 Å². The minimum Gasteiger partial charge on any atom is -0.497 e. The lowest BCUT2D eigenvalue weighted by Gasteiger charge is -2.33. The van der Waals surface area contributed by atoms with Crippen molar-refractivity contribution in [2.45, 2.75) is 25.4 Å². The van der Waals surface area contributed by atoms with E-state index in [2.05, 4.69) is 10.6 Å². The van der Waals surface area contributed by atoms with Gasteiger partial charge in [0.05, 0.1) is 18.9 Å². The topological polar surface area (TPSA) is 105 Å². The maximum Gasteiger partial charge on any atom is 0.325 e. The molecule has 0 spiro atoms. The van der Waals surface area contributed by atoms with Crippen LogP contribution in [-0.4, -0.2) is 41.6 Å². The lowest BCUT2D eigenvalue weighted by Crippen LogP contribution is -2.59. The summed E-state index contributed by atoms with van der Waals surface area (Å²) in [4.78, 5) is 36.7. The molecule has 2 fully saturated rings. The third-order valence-corrected chi connectivity index (χ3v) is 5.35. The number of hydrogen-bond acceptors (Lipinski definition) is 5. The summed E-state index contributed by atoms with van der Waals surface area (Å²) in [5.74, 6) is -3.39. The van der Waals surface area contributed by atoms with E-state index in [4.69, 9.17) is 4.74 Å². The van der Waals surface area contributed by atoms with Crippen LogP contribution in [0.2, 0.25) is 0 Å². The van der Waals surface area contributed by atoms with Crippen LogP contribution in [0.25, 0.3) is 6.08 Å². The van der Waals surface area contributed by atoms with Gasteiger partial charge >= 0.3 is 5.97 Å². The molecule has 3 rings (SSSR count). The number of methoxy groups -OCH3 is 1. The van der Waals surface area contributed by atoms with Crippen molar-refractivity contribution in [2.75, 3.05) is 7.11 Å². The molecule has 0 aromatic heterocycles. The molecule has 0 radical (unpaired) electrons. The van der Waals surface area contributed by atoms with Crippen LogP contribution in [0.5, 0.6) is 5.75 Å². The van der Waals surface area contributed by atoms with E-state index in [1.54, 1.807) is 27.0 Å². The average Bonchev–Trinajstić information content (AvgIpc) is 3.11. The largest absolute Gasteiger partial charge is 0.497 e. The van der Waals surface area contributed by atoms with E-state index >= 15 is 0 Å². The fourth-order valence-corrected chi connectivity index (χ4v) is 3.98. The summed E-state index contributed by atoms with van der Waals surface area (Å²) in [6.07, 6.45) is 3.56. The van der Waals surface area contributed by atoms with Crippen LogP contribution in [0.15, 0.2) is 30.3 Å². The van der Waals surface area contributed by atoms with Gasteiger partial charge in [0.1, 0.15) is 11.3 Å². The summed E-state index contributed by atoms with van der Waals surface area (Å²) in [5, 5.41) is 15.2. The Hall–Kier alpha value is -2.67. The number of rotatable bonds is 5. The molecule has 7 heteroatoms. The van der Waals surface area contributed by atoms with Gasteiger partial charge in [-0.25, -0.2) is 0 Å². The lowest BCUT2D eigenvalue weighted by molar-refractivity contribution is -0.151. The summed E-state index contributed by atoms with van der Waals surface area (Å²) in [6, 6.07) is 6.79. The molecule has 0 aliphatic carbocycles. The maximum atomic E-state index is 12.3. The Kier molecular flexibility index (Phi) is 4.58. The van der Waals surface area contributed by atoms with Gasteiger partial charge in [0.2, 0.25) is 11.8 Å². The van der Waals surface area contributed by atoms with Gasteiger partial charge in [-0.15, -0.1) is 0 Å². The minimum absolute atomic E-state index is 0.372. The molecular formula is C19H22N2O5. The predicted octanol–water partition coefficient (Wildman–Crippen LogP) is 1.05. The summed E-state index contributed by atoms with van der Waals surface area (Å²) in [5.41, 5.74) is -0.596. The highest BCUT2D eigenvalue weighted by atomic mass is 16.5. The first-order valence-electron chi connectivity index (χ1n) is 8.49. The molecule has 3 N–H and O–H groups in total. The predicted molar refractivity (Wildman–Crippen MR) is 94.3 cm³/mol. The number of carbonyl (C=O) groups is 3. The van der Waals surface area contributed by atoms with E-state index in [9.17, 15) is 19.5 Å². The Bertz CT molecular complexity index is 771. The second kappa shape index (κ2) is 6.57. The standard InChI is InChI=1S/C19H22N2O5/c1-10(2)19(18(24)25)15-14(16(22)20-17(15)23)13(21-19)9-6-11-4-7-12(26-3)8-5-11/h4-10,13-15,21H,1-3H3,(H,24,25)(H,20,22,23)/b9-6-. The normalized spacial score (nSPS) is 30.7. The van der Waals surface area contributed by atoms with E-state index in [0.717, 1.165) is 11.3 Å². The highest BCUT2D eigenvalue weighted by Gasteiger charge is 2.66. The smallest absolute Gasteiger partial charge is 0.325 e. The van der Waals surface area contributed by atoms with Crippen LogP contribution in [0.1, 0.15) is 19.4 Å². The first kappa shape index (κ1) is 18.1. The fourth-order valence-electron chi connectivity index (χ4n) is 3.98. The lowest BCUT2D eigenvalue weighted by atomic mass is 9.73. The number of nitrogens with one attached hydrogen (secondary N) is 2. The fraction of sp³-hybridized carbons (Fsp3) is 0.421. The number of fused-ring (bicyclic) bond motifs is 1. The second-order valence-electron chi connectivity index (χ2n) is 6.99. The molecule has 7 nitrogen and oxygen atoms in total. The molecule has 4 atom stereocenters. The Balaban J connectivity index is 1.94. The Morgan fingerprint density at radius 3 is 2.42 bits per heavy atom. The molecule has 1 aromatic rings. The van der Waals surface area contributed by atoms with Crippen LogP contribution in [0.3, 0.4) is 0 Å². The van der Waals surface area contributed by atoms with Crippen LogP contribution in [0, 0.1) is 17.8 Å². The molecule has 138 valence electrons. The zero-order valence-electron chi connectivity index (χ0n) is 14.9. The molecule has 2 saturated heterocycles. The first-order valence-corrected chi connectivity index (χ1v) is 8.49. The third-order valence-electron chi connectivity index (χ3n) is 5.35. The first-order chi connectivity index (χ1) is 12.3. The van der Waals surface area contributed by atoms with Crippen LogP contribution in [0.4, 0.5) is 0 Å². The quantitative estimate of drug-likeness (QED) is 0.680. The second-order valence-corrected chi connectivity index (χ2v) is 6.99. The molecule has 2 heterocycles. The van der Waals surface area contributed by atoms with E-state index < -0.39 is 41.2 Å². The number of carboxylic acid groups (broad SMARTS) is 1. The highest BCUT2D eigenvalue weighted by molar-refractivity contribution is 6.09. The number of amides is 2. The number of ether oxygens (including phenoxy) is 1. The van der Waals surface area contributed by atoms with Crippen LogP contribution < -0.4 is 15.4 Å². The van der Waals surface area contributed by atoms with E-state index in [0.29, 0.717) is 0 Å². The van der Waals surface area contributed by atoms with Crippen molar-refractivity contribution < 1.29 is 24.2 Å². The van der Waals surface area contributed by atoms with Gasteiger partial charge in [0.25, 0.3) is 0 Å². The van der Waals surface area contributed by atoms with Gasteiger partial charge in [0, 0.05) is 6.04 Å². The highest BCUT2D eigenvalue weighted by Crippen LogP contribution is 2.44. The molecule has 2 aliphatic heterocycles. The number of carboxylic acids is 1. The molecule has 4 unspecified atom stereocenters.